The summed E-state index contributed by atoms with van der Waals surface area (Å²) in [6, 6.07) is -0.410. The van der Waals surface area contributed by atoms with E-state index in [2.05, 4.69) is 0 Å². The Bertz CT molecular complexity index is 171. The zero-order chi connectivity index (χ0) is 7.94. The molecule has 0 N–H and O–H groups in total. The lowest BCUT2D eigenvalue weighted by Gasteiger charge is -2.13. The van der Waals surface area contributed by atoms with Crippen LogP contribution in [0.25, 0.3) is 0 Å². The van der Waals surface area contributed by atoms with E-state index >= 15 is 0 Å². The van der Waals surface area contributed by atoms with Crippen LogP contribution in [0.3, 0.4) is 0 Å². The van der Waals surface area contributed by atoms with Crippen molar-refractivity contribution in [3.8, 4) is 0 Å². The molecule has 0 bridgehead atoms. The third kappa shape index (κ3) is 1.24. The van der Waals surface area contributed by atoms with Crippen molar-refractivity contribution in [3.05, 3.63) is 0 Å². The number of hydrogen-bond acceptors (Lipinski definition) is 1. The first-order valence-electron chi connectivity index (χ1n) is 3.06. The minimum Gasteiger partial charge on any atom is -0.338 e. The smallest absolute Gasteiger partial charge is 0.219 e. The van der Waals surface area contributed by atoms with Crippen molar-refractivity contribution in [3.63, 3.8) is 0 Å². The van der Waals surface area contributed by atoms with E-state index in [4.69, 9.17) is 11.6 Å². The maximum atomic E-state index is 12.6. The topological polar surface area (TPSA) is 20.3 Å². The van der Waals surface area contributed by atoms with E-state index < -0.39 is 11.2 Å². The van der Waals surface area contributed by atoms with Crippen molar-refractivity contribution in [2.24, 2.45) is 0 Å². The Morgan fingerprint density at radius 3 is 2.40 bits per heavy atom. The average molecular weight is 166 g/mol. The summed E-state index contributed by atoms with van der Waals surface area (Å²) in [6.07, 6.45) is 0.255. The van der Waals surface area contributed by atoms with Crippen molar-refractivity contribution in [1.82, 2.24) is 4.90 Å². The molecule has 1 saturated carbocycles. The molecule has 0 aromatic rings. The highest BCUT2D eigenvalue weighted by molar-refractivity contribution is 6.25. The Hall–Kier alpha value is -0.310. The Morgan fingerprint density at radius 2 is 2.30 bits per heavy atom. The molecule has 0 radical (unpaired) electrons. The maximum absolute atomic E-state index is 12.6. The summed E-state index contributed by atoms with van der Waals surface area (Å²) in [5.41, 5.74) is 0. The van der Waals surface area contributed by atoms with Gasteiger partial charge in [-0.05, 0) is 0 Å². The minimum absolute atomic E-state index is 0.148. The molecule has 1 aliphatic carbocycles. The molecule has 0 aromatic carbocycles. The highest BCUT2D eigenvalue weighted by Crippen LogP contribution is 2.47. The highest BCUT2D eigenvalue weighted by Gasteiger charge is 2.57. The van der Waals surface area contributed by atoms with Gasteiger partial charge >= 0.3 is 0 Å². The van der Waals surface area contributed by atoms with E-state index in [1.165, 1.54) is 11.8 Å². The molecule has 1 fully saturated rings. The fraction of sp³-hybridized carbons (Fsp3) is 0.833. The second-order valence-electron chi connectivity index (χ2n) is 2.61. The fourth-order valence-corrected chi connectivity index (χ4v) is 1.13. The van der Waals surface area contributed by atoms with Gasteiger partial charge in [-0.15, -0.1) is 0 Å². The molecule has 1 aliphatic rings. The average Bonchev–Trinajstić information content (AvgIpc) is 2.38. The molecular formula is C6H9ClFNO. The first-order valence-corrected chi connectivity index (χ1v) is 3.44. The van der Waals surface area contributed by atoms with Gasteiger partial charge in [0, 0.05) is 20.4 Å². The normalized spacial score (nSPS) is 37.4. The van der Waals surface area contributed by atoms with Crippen molar-refractivity contribution < 1.29 is 9.18 Å². The molecule has 1 rings (SSSR count). The number of alkyl halides is 2. The van der Waals surface area contributed by atoms with Crippen LogP contribution in [0.5, 0.6) is 0 Å². The summed E-state index contributed by atoms with van der Waals surface area (Å²) >= 11 is 5.29. The molecule has 2 atom stereocenters. The molecule has 2 unspecified atom stereocenters. The van der Waals surface area contributed by atoms with E-state index in [0.717, 1.165) is 0 Å². The number of halogens is 2. The monoisotopic (exact) mass is 165 g/mol. The highest BCUT2D eigenvalue weighted by atomic mass is 35.5. The standard InChI is InChI=1S/C6H9ClFNO/c1-4(10)9(2)5-3-6(5,7)8/h5H,3H2,1-2H3. The van der Waals surface area contributed by atoms with Crippen molar-refractivity contribution in [2.75, 3.05) is 7.05 Å². The van der Waals surface area contributed by atoms with Gasteiger partial charge in [-0.2, -0.15) is 0 Å². The summed E-state index contributed by atoms with van der Waals surface area (Å²) in [5.74, 6) is -0.148. The third-order valence-corrected chi connectivity index (χ3v) is 2.16. The minimum atomic E-state index is -1.65. The van der Waals surface area contributed by atoms with Crippen LogP contribution in [-0.4, -0.2) is 29.0 Å². The number of hydrogen-bond donors (Lipinski definition) is 0. The van der Waals surface area contributed by atoms with Crippen LogP contribution in [0, 0.1) is 0 Å². The van der Waals surface area contributed by atoms with Crippen LogP contribution < -0.4 is 0 Å². The molecule has 10 heavy (non-hydrogen) atoms. The maximum Gasteiger partial charge on any atom is 0.219 e. The largest absolute Gasteiger partial charge is 0.338 e. The molecule has 4 heteroatoms. The van der Waals surface area contributed by atoms with Gasteiger partial charge in [0.1, 0.15) is 0 Å². The Labute approximate surface area is 63.9 Å². The van der Waals surface area contributed by atoms with Gasteiger partial charge in [0.2, 0.25) is 11.0 Å². The second kappa shape index (κ2) is 2.09. The first kappa shape index (κ1) is 7.79. The van der Waals surface area contributed by atoms with Crippen LogP contribution >= 0.6 is 11.6 Å². The number of amides is 1. The number of carbonyl (C=O) groups is 1. The van der Waals surface area contributed by atoms with Crippen LogP contribution in [0.2, 0.25) is 0 Å². The van der Waals surface area contributed by atoms with Gasteiger partial charge in [0.25, 0.3) is 0 Å². The lowest BCUT2D eigenvalue weighted by atomic mass is 10.5. The predicted octanol–water partition coefficient (Wildman–Crippen LogP) is 1.14. The van der Waals surface area contributed by atoms with E-state index in [0.29, 0.717) is 0 Å². The SMILES string of the molecule is CC(=O)N(C)C1CC1(F)Cl. The van der Waals surface area contributed by atoms with Gasteiger partial charge in [0.05, 0.1) is 6.04 Å². The Balaban J connectivity index is 2.47. The van der Waals surface area contributed by atoms with Gasteiger partial charge in [-0.3, -0.25) is 4.79 Å². The molecule has 0 aromatic heterocycles. The van der Waals surface area contributed by atoms with Crippen molar-refractivity contribution in [1.29, 1.82) is 0 Å². The van der Waals surface area contributed by atoms with E-state index in [1.54, 1.807) is 7.05 Å². The Morgan fingerprint density at radius 1 is 1.90 bits per heavy atom. The lowest BCUT2D eigenvalue weighted by molar-refractivity contribution is -0.128. The van der Waals surface area contributed by atoms with Crippen LogP contribution in [-0.2, 0) is 4.79 Å². The molecule has 1 amide bonds. The van der Waals surface area contributed by atoms with Crippen LogP contribution in [0.4, 0.5) is 4.39 Å². The molecule has 2 nitrogen and oxygen atoms in total. The molecular weight excluding hydrogens is 157 g/mol. The zero-order valence-corrected chi connectivity index (χ0v) is 6.65. The van der Waals surface area contributed by atoms with Gasteiger partial charge in [0.15, 0.2) is 0 Å². The predicted molar refractivity (Wildman–Crippen MR) is 36.5 cm³/mol. The molecule has 58 valence electrons. The fourth-order valence-electron chi connectivity index (χ4n) is 0.839. The number of rotatable bonds is 1. The van der Waals surface area contributed by atoms with Crippen molar-refractivity contribution >= 4 is 17.5 Å². The van der Waals surface area contributed by atoms with Gasteiger partial charge in [-0.25, -0.2) is 4.39 Å². The quantitative estimate of drug-likeness (QED) is 0.534. The molecule has 0 saturated heterocycles. The van der Waals surface area contributed by atoms with Crippen LogP contribution in [0.1, 0.15) is 13.3 Å². The number of carbonyl (C=O) groups excluding carboxylic acids is 1. The van der Waals surface area contributed by atoms with E-state index in [-0.39, 0.29) is 12.3 Å². The molecule has 0 aliphatic heterocycles. The van der Waals surface area contributed by atoms with E-state index in [9.17, 15) is 9.18 Å². The van der Waals surface area contributed by atoms with Crippen molar-refractivity contribution in [2.45, 2.75) is 24.5 Å². The summed E-state index contributed by atoms with van der Waals surface area (Å²) in [4.78, 5) is 11.9. The summed E-state index contributed by atoms with van der Waals surface area (Å²) in [5, 5.41) is -1.65. The van der Waals surface area contributed by atoms with Gasteiger partial charge < -0.3 is 4.90 Å². The third-order valence-electron chi connectivity index (χ3n) is 1.76. The van der Waals surface area contributed by atoms with E-state index in [1.807, 2.05) is 0 Å². The summed E-state index contributed by atoms with van der Waals surface area (Å²) in [6.45, 7) is 1.39. The lowest BCUT2D eigenvalue weighted by Crippen LogP contribution is -2.29. The Kier molecular flexibility index (Phi) is 1.63. The molecule has 0 spiro atoms. The summed E-state index contributed by atoms with van der Waals surface area (Å²) in [7, 11) is 1.55. The zero-order valence-electron chi connectivity index (χ0n) is 5.90. The molecule has 0 heterocycles. The number of nitrogens with zero attached hydrogens (tertiary/aromatic N) is 1. The summed E-state index contributed by atoms with van der Waals surface area (Å²) < 4.78 is 12.6. The second-order valence-corrected chi connectivity index (χ2v) is 3.24. The van der Waals surface area contributed by atoms with Gasteiger partial charge in [-0.1, -0.05) is 11.6 Å². The first-order chi connectivity index (χ1) is 4.45. The van der Waals surface area contributed by atoms with Crippen LogP contribution in [0.15, 0.2) is 0 Å².